The highest BCUT2D eigenvalue weighted by molar-refractivity contribution is 5.87. The second-order valence-corrected chi connectivity index (χ2v) is 5.02. The van der Waals surface area contributed by atoms with E-state index in [1.54, 1.807) is 24.1 Å². The lowest BCUT2D eigenvalue weighted by Crippen LogP contribution is -2.18. The largest absolute Gasteiger partial charge is 0.478 e. The predicted octanol–water partition coefficient (Wildman–Crippen LogP) is 1.48. The van der Waals surface area contributed by atoms with Crippen LogP contribution in [0.3, 0.4) is 0 Å². The molecule has 1 aliphatic rings. The molecule has 0 aromatic heterocycles. The first-order chi connectivity index (χ1) is 8.91. The zero-order chi connectivity index (χ0) is 14.4. The van der Waals surface area contributed by atoms with Crippen LogP contribution in [0.2, 0.25) is 0 Å². The highest BCUT2D eigenvalue weighted by Crippen LogP contribution is 2.15. The van der Waals surface area contributed by atoms with Gasteiger partial charge >= 0.3 is 5.97 Å². The van der Waals surface area contributed by atoms with Crippen LogP contribution in [0.1, 0.15) is 26.2 Å². The molecule has 0 aliphatic carbocycles. The molecule has 1 saturated heterocycles. The van der Waals surface area contributed by atoms with E-state index in [0.29, 0.717) is 18.4 Å². The zero-order valence-electron chi connectivity index (χ0n) is 11.8. The van der Waals surface area contributed by atoms with Crippen molar-refractivity contribution in [3.63, 3.8) is 0 Å². The van der Waals surface area contributed by atoms with E-state index in [4.69, 9.17) is 5.11 Å². The van der Waals surface area contributed by atoms with E-state index in [2.05, 4.69) is 0 Å². The molecule has 1 N–H and O–H groups in total. The summed E-state index contributed by atoms with van der Waals surface area (Å²) in [6.45, 7) is 3.10. The summed E-state index contributed by atoms with van der Waals surface area (Å²) >= 11 is 0. The van der Waals surface area contributed by atoms with Gasteiger partial charge in [-0.25, -0.2) is 4.79 Å². The Hall–Kier alpha value is -1.62. The molecular formula is C14H22N2O3. The summed E-state index contributed by atoms with van der Waals surface area (Å²) in [5.74, 6) is -0.803. The first-order valence-electron chi connectivity index (χ1n) is 6.47. The molecule has 0 saturated carbocycles. The van der Waals surface area contributed by atoms with Crippen molar-refractivity contribution in [3.8, 4) is 0 Å². The number of carbonyl (C=O) groups is 2. The molecule has 0 atom stereocenters. The Balaban J connectivity index is 2.79. The summed E-state index contributed by atoms with van der Waals surface area (Å²) in [5.41, 5.74) is 1.10. The Labute approximate surface area is 114 Å². The van der Waals surface area contributed by atoms with Gasteiger partial charge in [0.25, 0.3) is 0 Å². The average Bonchev–Trinajstić information content (AvgIpc) is 2.74. The molecule has 1 fully saturated rings. The number of allylic oxidation sites excluding steroid dienone is 1. The van der Waals surface area contributed by atoms with Crippen LogP contribution >= 0.6 is 0 Å². The van der Waals surface area contributed by atoms with Gasteiger partial charge in [0, 0.05) is 31.3 Å². The quantitative estimate of drug-likeness (QED) is 0.584. The van der Waals surface area contributed by atoms with Gasteiger partial charge in [-0.05, 0) is 45.5 Å². The Kier molecular flexibility index (Phi) is 5.76. The van der Waals surface area contributed by atoms with Gasteiger partial charge < -0.3 is 14.9 Å². The highest BCUT2D eigenvalue weighted by atomic mass is 16.4. The smallest absolute Gasteiger partial charge is 0.331 e. The Bertz CT molecular complexity index is 411. The minimum Gasteiger partial charge on any atom is -0.478 e. The van der Waals surface area contributed by atoms with Gasteiger partial charge in [-0.3, -0.25) is 4.79 Å². The minimum atomic E-state index is -0.911. The van der Waals surface area contributed by atoms with Gasteiger partial charge in [0.2, 0.25) is 5.91 Å². The van der Waals surface area contributed by atoms with Crippen molar-refractivity contribution in [2.75, 3.05) is 27.2 Å². The average molecular weight is 266 g/mol. The van der Waals surface area contributed by atoms with Crippen molar-refractivity contribution >= 4 is 11.9 Å². The van der Waals surface area contributed by atoms with Gasteiger partial charge in [0.1, 0.15) is 0 Å². The summed E-state index contributed by atoms with van der Waals surface area (Å²) in [7, 11) is 3.89. The normalized spacial score (nSPS) is 17.5. The van der Waals surface area contributed by atoms with Crippen LogP contribution < -0.4 is 0 Å². The molecule has 1 aliphatic heterocycles. The lowest BCUT2D eigenvalue weighted by atomic mass is 10.1. The SMILES string of the molecule is CC(C(=O)O)=C(C=CN1CCCC1=O)CCN(C)C. The fourth-order valence-electron chi connectivity index (χ4n) is 1.88. The van der Waals surface area contributed by atoms with Crippen LogP contribution in [-0.4, -0.2) is 54.0 Å². The van der Waals surface area contributed by atoms with Crippen LogP contribution in [0.25, 0.3) is 0 Å². The number of carboxylic acids is 1. The molecule has 1 heterocycles. The number of likely N-dealkylation sites (tertiary alicyclic amines) is 1. The summed E-state index contributed by atoms with van der Waals surface area (Å²) in [6.07, 6.45) is 5.59. The monoisotopic (exact) mass is 266 g/mol. The number of hydrogen-bond acceptors (Lipinski definition) is 3. The van der Waals surface area contributed by atoms with Crippen molar-refractivity contribution in [3.05, 3.63) is 23.4 Å². The number of nitrogens with zero attached hydrogens (tertiary/aromatic N) is 2. The molecule has 1 amide bonds. The third-order valence-electron chi connectivity index (χ3n) is 3.20. The summed E-state index contributed by atoms with van der Waals surface area (Å²) < 4.78 is 0. The van der Waals surface area contributed by atoms with Crippen molar-refractivity contribution in [2.24, 2.45) is 0 Å². The molecular weight excluding hydrogens is 244 g/mol. The Morgan fingerprint density at radius 3 is 2.63 bits per heavy atom. The molecule has 0 radical (unpaired) electrons. The minimum absolute atomic E-state index is 0.108. The first kappa shape index (κ1) is 15.4. The molecule has 5 heteroatoms. The van der Waals surface area contributed by atoms with Crippen molar-refractivity contribution in [2.45, 2.75) is 26.2 Å². The maximum Gasteiger partial charge on any atom is 0.331 e. The molecule has 5 nitrogen and oxygen atoms in total. The third-order valence-corrected chi connectivity index (χ3v) is 3.20. The lowest BCUT2D eigenvalue weighted by Gasteiger charge is -2.13. The molecule has 19 heavy (non-hydrogen) atoms. The Morgan fingerprint density at radius 2 is 2.16 bits per heavy atom. The molecule has 0 unspecified atom stereocenters. The third kappa shape index (κ3) is 4.87. The van der Waals surface area contributed by atoms with Gasteiger partial charge in [0.15, 0.2) is 0 Å². The Morgan fingerprint density at radius 1 is 1.47 bits per heavy atom. The number of hydrogen-bond donors (Lipinski definition) is 1. The van der Waals surface area contributed by atoms with E-state index in [-0.39, 0.29) is 5.91 Å². The van der Waals surface area contributed by atoms with Gasteiger partial charge in [-0.1, -0.05) is 0 Å². The number of aliphatic carboxylic acids is 1. The van der Waals surface area contributed by atoms with Crippen molar-refractivity contribution < 1.29 is 14.7 Å². The highest BCUT2D eigenvalue weighted by Gasteiger charge is 2.17. The van der Waals surface area contributed by atoms with Crippen LogP contribution in [0, 0.1) is 0 Å². The number of amides is 1. The molecule has 0 bridgehead atoms. The predicted molar refractivity (Wildman–Crippen MR) is 73.6 cm³/mol. The number of rotatable bonds is 6. The maximum absolute atomic E-state index is 11.5. The second kappa shape index (κ2) is 7.09. The van der Waals surface area contributed by atoms with Crippen molar-refractivity contribution in [1.82, 2.24) is 9.80 Å². The lowest BCUT2D eigenvalue weighted by molar-refractivity contribution is -0.132. The molecule has 0 spiro atoms. The fraction of sp³-hybridized carbons (Fsp3) is 0.571. The maximum atomic E-state index is 11.5. The fourth-order valence-corrected chi connectivity index (χ4v) is 1.88. The van der Waals surface area contributed by atoms with Crippen LogP contribution in [0.15, 0.2) is 23.4 Å². The molecule has 106 valence electrons. The molecule has 0 aromatic carbocycles. The van der Waals surface area contributed by atoms with E-state index in [0.717, 1.165) is 25.1 Å². The van der Waals surface area contributed by atoms with E-state index >= 15 is 0 Å². The summed E-state index contributed by atoms with van der Waals surface area (Å²) in [6, 6.07) is 0. The summed E-state index contributed by atoms with van der Waals surface area (Å²) in [4.78, 5) is 26.2. The topological polar surface area (TPSA) is 60.9 Å². The van der Waals surface area contributed by atoms with E-state index < -0.39 is 5.97 Å². The number of carboxylic acid groups (broad SMARTS) is 1. The first-order valence-corrected chi connectivity index (χ1v) is 6.47. The second-order valence-electron chi connectivity index (χ2n) is 5.02. The van der Waals surface area contributed by atoms with Gasteiger partial charge in [-0.15, -0.1) is 0 Å². The van der Waals surface area contributed by atoms with Crippen LogP contribution in [-0.2, 0) is 9.59 Å². The van der Waals surface area contributed by atoms with E-state index in [9.17, 15) is 9.59 Å². The van der Waals surface area contributed by atoms with Crippen LogP contribution in [0.5, 0.6) is 0 Å². The molecule has 0 aromatic rings. The zero-order valence-corrected chi connectivity index (χ0v) is 11.8. The van der Waals surface area contributed by atoms with Crippen LogP contribution in [0.4, 0.5) is 0 Å². The number of carbonyl (C=O) groups excluding carboxylic acids is 1. The van der Waals surface area contributed by atoms with E-state index in [1.807, 2.05) is 19.0 Å². The van der Waals surface area contributed by atoms with Crippen molar-refractivity contribution in [1.29, 1.82) is 0 Å². The standard InChI is InChI=1S/C14H22N2O3/c1-11(14(18)19)12(6-9-15(2)3)7-10-16-8-4-5-13(16)17/h7,10H,4-6,8-9H2,1-3H3,(H,18,19). The summed E-state index contributed by atoms with van der Waals surface area (Å²) in [5, 5.41) is 9.08. The van der Waals surface area contributed by atoms with E-state index in [1.165, 1.54) is 0 Å². The molecule has 1 rings (SSSR count). The van der Waals surface area contributed by atoms with Gasteiger partial charge in [0.05, 0.1) is 0 Å². The van der Waals surface area contributed by atoms with Gasteiger partial charge in [-0.2, -0.15) is 0 Å².